The van der Waals surface area contributed by atoms with Gasteiger partial charge in [-0.1, -0.05) is 30.7 Å². The number of amidine groups is 1. The van der Waals surface area contributed by atoms with Crippen LogP contribution in [0.2, 0.25) is 5.02 Å². The van der Waals surface area contributed by atoms with Gasteiger partial charge >= 0.3 is 6.18 Å². The quantitative estimate of drug-likeness (QED) is 0.476. The summed E-state index contributed by atoms with van der Waals surface area (Å²) in [6.07, 6.45) is 6.96. The Bertz CT molecular complexity index is 1270. The number of aromatic nitrogens is 3. The Hall–Kier alpha value is -2.65. The fourth-order valence-corrected chi connectivity index (χ4v) is 6.02. The van der Waals surface area contributed by atoms with Gasteiger partial charge in [0.15, 0.2) is 5.82 Å². The highest BCUT2D eigenvalue weighted by molar-refractivity contribution is 6.30. The lowest BCUT2D eigenvalue weighted by Crippen LogP contribution is -2.47. The summed E-state index contributed by atoms with van der Waals surface area (Å²) >= 11 is 6.30. The molecule has 10 heteroatoms. The molecular weight excluding hydrogens is 501 g/mol. The van der Waals surface area contributed by atoms with E-state index in [4.69, 9.17) is 11.6 Å². The van der Waals surface area contributed by atoms with E-state index in [0.717, 1.165) is 55.3 Å². The van der Waals surface area contributed by atoms with Crippen LogP contribution in [0.1, 0.15) is 62.2 Å². The van der Waals surface area contributed by atoms with Gasteiger partial charge in [0.25, 0.3) is 0 Å². The first-order valence-electron chi connectivity index (χ1n) is 13.0. The first kappa shape index (κ1) is 24.7. The number of alkyl halides is 3. The maximum absolute atomic E-state index is 14.1. The fraction of sp³-hybridized carbons (Fsp3) is 0.519. The van der Waals surface area contributed by atoms with Gasteiger partial charge in [-0.2, -0.15) is 13.2 Å². The number of benzene rings is 1. The Morgan fingerprint density at radius 1 is 1.08 bits per heavy atom. The van der Waals surface area contributed by atoms with E-state index in [2.05, 4.69) is 45.2 Å². The predicted molar refractivity (Wildman–Crippen MR) is 137 cm³/mol. The van der Waals surface area contributed by atoms with Crippen LogP contribution in [-0.4, -0.2) is 55.2 Å². The largest absolute Gasteiger partial charge is 0.406 e. The van der Waals surface area contributed by atoms with Crippen molar-refractivity contribution in [2.45, 2.75) is 69.8 Å². The second kappa shape index (κ2) is 9.27. The summed E-state index contributed by atoms with van der Waals surface area (Å²) < 4.78 is 44.2. The van der Waals surface area contributed by atoms with E-state index >= 15 is 0 Å². The smallest absolute Gasteiger partial charge is 0.357 e. The van der Waals surface area contributed by atoms with E-state index < -0.39 is 11.7 Å². The van der Waals surface area contributed by atoms with Crippen LogP contribution in [0.25, 0.3) is 5.69 Å². The first-order chi connectivity index (χ1) is 17.7. The number of rotatable bonds is 2. The van der Waals surface area contributed by atoms with Gasteiger partial charge in [0.1, 0.15) is 17.2 Å². The summed E-state index contributed by atoms with van der Waals surface area (Å²) in [4.78, 5) is 8.47. The summed E-state index contributed by atoms with van der Waals surface area (Å²) in [5.74, 6) is 2.98. The molecule has 3 aliphatic heterocycles. The van der Waals surface area contributed by atoms with Crippen molar-refractivity contribution in [2.75, 3.05) is 13.1 Å². The SMILES string of the molecule is CC1\C=C/N=C(N2CCC(c3nnc4n3-c3ccc(Cl)cc3CN(C3(C(F)(F)F)CC3)C4)CC2)/C=C/C1. The van der Waals surface area contributed by atoms with Gasteiger partial charge in [0.05, 0.1) is 12.2 Å². The highest BCUT2D eigenvalue weighted by Crippen LogP contribution is 2.55. The fourth-order valence-electron chi connectivity index (χ4n) is 5.82. The van der Waals surface area contributed by atoms with Crippen molar-refractivity contribution in [1.82, 2.24) is 24.6 Å². The van der Waals surface area contributed by atoms with Crippen molar-refractivity contribution in [3.8, 4) is 5.69 Å². The predicted octanol–water partition coefficient (Wildman–Crippen LogP) is 6.02. The molecule has 0 N–H and O–H groups in total. The molecule has 0 amide bonds. The maximum atomic E-state index is 14.1. The van der Waals surface area contributed by atoms with E-state index in [-0.39, 0.29) is 31.8 Å². The van der Waals surface area contributed by atoms with Crippen LogP contribution in [0, 0.1) is 5.92 Å². The second-order valence-corrected chi connectivity index (χ2v) is 11.1. The van der Waals surface area contributed by atoms with Crippen LogP contribution in [-0.2, 0) is 13.1 Å². The zero-order valence-electron chi connectivity index (χ0n) is 20.8. The minimum absolute atomic E-state index is 0.101. The standard InChI is InChI=1S/C27H30ClF3N6/c1-18-3-2-4-23(32-12-7-18)35-13-8-19(9-14-35)25-34-33-24-17-36(26(10-11-26)27(29,30)31)16-20-15-21(28)5-6-22(20)37(24)25/h2,4-7,12,15,18-19H,3,8-11,13-14,16-17H2,1H3/b4-2+,12-7-,32-23-. The van der Waals surface area contributed by atoms with Crippen LogP contribution in [0.15, 0.2) is 47.6 Å². The minimum Gasteiger partial charge on any atom is -0.357 e. The Labute approximate surface area is 219 Å². The zero-order chi connectivity index (χ0) is 25.8. The van der Waals surface area contributed by atoms with Gasteiger partial charge in [0, 0.05) is 36.8 Å². The molecular formula is C27H30ClF3N6. The van der Waals surface area contributed by atoms with E-state index in [9.17, 15) is 13.2 Å². The van der Waals surface area contributed by atoms with E-state index in [1.54, 1.807) is 12.1 Å². The minimum atomic E-state index is -4.29. The molecule has 1 saturated heterocycles. The average molecular weight is 531 g/mol. The Morgan fingerprint density at radius 3 is 2.59 bits per heavy atom. The number of aliphatic imine (C=N–C) groups is 1. The number of allylic oxidation sites excluding steroid dienone is 2. The number of halogens is 4. The van der Waals surface area contributed by atoms with Crippen molar-refractivity contribution in [2.24, 2.45) is 10.9 Å². The van der Waals surface area contributed by atoms with Gasteiger partial charge in [-0.15, -0.1) is 10.2 Å². The summed E-state index contributed by atoms with van der Waals surface area (Å²) in [5.41, 5.74) is -0.193. The molecule has 2 fully saturated rings. The van der Waals surface area contributed by atoms with Gasteiger partial charge in [-0.05, 0) is 67.9 Å². The van der Waals surface area contributed by atoms with E-state index in [0.29, 0.717) is 16.8 Å². The van der Waals surface area contributed by atoms with E-state index in [1.165, 1.54) is 4.90 Å². The van der Waals surface area contributed by atoms with Crippen LogP contribution in [0.3, 0.4) is 0 Å². The molecule has 4 aliphatic rings. The monoisotopic (exact) mass is 530 g/mol. The van der Waals surface area contributed by atoms with Gasteiger partial charge in [0.2, 0.25) is 0 Å². The molecule has 6 nitrogen and oxygen atoms in total. The number of piperidine rings is 1. The third-order valence-corrected chi connectivity index (χ3v) is 8.40. The van der Waals surface area contributed by atoms with Crippen molar-refractivity contribution < 1.29 is 13.2 Å². The molecule has 2 aromatic rings. The van der Waals surface area contributed by atoms with Crippen molar-refractivity contribution in [3.63, 3.8) is 0 Å². The first-order valence-corrected chi connectivity index (χ1v) is 13.3. The number of hydrogen-bond donors (Lipinski definition) is 0. The molecule has 1 aromatic carbocycles. The Balaban J connectivity index is 1.29. The third-order valence-electron chi connectivity index (χ3n) is 8.17. The van der Waals surface area contributed by atoms with Gasteiger partial charge in [-0.3, -0.25) is 9.47 Å². The summed E-state index contributed by atoms with van der Waals surface area (Å²) in [6, 6.07) is 5.46. The molecule has 1 saturated carbocycles. The lowest BCUT2D eigenvalue weighted by Gasteiger charge is -2.33. The Kier molecular flexibility index (Phi) is 6.18. The molecule has 4 heterocycles. The molecule has 1 aliphatic carbocycles. The Morgan fingerprint density at radius 2 is 1.86 bits per heavy atom. The molecule has 196 valence electrons. The average Bonchev–Trinajstić information content (AvgIpc) is 3.60. The summed E-state index contributed by atoms with van der Waals surface area (Å²) in [6.45, 7) is 4.11. The number of hydrogen-bond acceptors (Lipinski definition) is 5. The zero-order valence-corrected chi connectivity index (χ0v) is 21.5. The lowest BCUT2D eigenvalue weighted by atomic mass is 9.95. The van der Waals surface area contributed by atoms with Crippen LogP contribution in [0.5, 0.6) is 0 Å². The third kappa shape index (κ3) is 4.50. The molecule has 1 atom stereocenters. The number of likely N-dealkylation sites (tertiary alicyclic amines) is 1. The highest BCUT2D eigenvalue weighted by Gasteiger charge is 2.66. The molecule has 6 rings (SSSR count). The normalized spacial score (nSPS) is 27.2. The second-order valence-electron chi connectivity index (χ2n) is 10.7. The van der Waals surface area contributed by atoms with Crippen molar-refractivity contribution in [1.29, 1.82) is 0 Å². The topological polar surface area (TPSA) is 49.6 Å². The van der Waals surface area contributed by atoms with E-state index in [1.807, 2.05) is 16.8 Å². The van der Waals surface area contributed by atoms with Gasteiger partial charge in [-0.25, -0.2) is 4.99 Å². The van der Waals surface area contributed by atoms with Gasteiger partial charge < -0.3 is 4.90 Å². The molecule has 37 heavy (non-hydrogen) atoms. The number of nitrogens with zero attached hydrogens (tertiary/aromatic N) is 6. The lowest BCUT2D eigenvalue weighted by molar-refractivity contribution is -0.200. The van der Waals surface area contributed by atoms with Crippen molar-refractivity contribution >= 4 is 17.4 Å². The summed E-state index contributed by atoms with van der Waals surface area (Å²) in [5, 5.41) is 9.51. The highest BCUT2D eigenvalue weighted by atomic mass is 35.5. The molecule has 1 aromatic heterocycles. The van der Waals surface area contributed by atoms with Crippen molar-refractivity contribution in [3.05, 3.63) is 64.9 Å². The molecule has 0 bridgehead atoms. The van der Waals surface area contributed by atoms with Crippen LogP contribution < -0.4 is 0 Å². The maximum Gasteiger partial charge on any atom is 0.406 e. The molecule has 0 spiro atoms. The van der Waals surface area contributed by atoms with Crippen LogP contribution >= 0.6 is 11.6 Å². The molecule has 1 unspecified atom stereocenters. The molecule has 0 radical (unpaired) electrons. The van der Waals surface area contributed by atoms with Crippen LogP contribution in [0.4, 0.5) is 13.2 Å². The number of fused-ring (bicyclic) bond motifs is 3. The summed E-state index contributed by atoms with van der Waals surface area (Å²) in [7, 11) is 0.